The van der Waals surface area contributed by atoms with Crippen molar-refractivity contribution in [3.63, 3.8) is 0 Å². The molecule has 0 fully saturated rings. The van der Waals surface area contributed by atoms with Crippen LogP contribution in [0, 0.1) is 0 Å². The van der Waals surface area contributed by atoms with Crippen molar-refractivity contribution in [2.75, 3.05) is 6.54 Å². The van der Waals surface area contributed by atoms with Gasteiger partial charge in [0.1, 0.15) is 34.5 Å². The molecule has 0 radical (unpaired) electrons. The third-order valence-corrected chi connectivity index (χ3v) is 6.10. The lowest BCUT2D eigenvalue weighted by atomic mass is 9.86. The van der Waals surface area contributed by atoms with E-state index in [0.717, 1.165) is 30.4 Å². The fourth-order valence-electron chi connectivity index (χ4n) is 4.45. The Morgan fingerprint density at radius 2 is 1.83 bits per heavy atom. The van der Waals surface area contributed by atoms with Crippen LogP contribution in [0.4, 0.5) is 10.5 Å². The van der Waals surface area contributed by atoms with Crippen LogP contribution in [0.2, 0.25) is 0 Å². The first-order valence-corrected chi connectivity index (χ1v) is 12.8. The number of carbonyl (C=O) groups is 2. The maximum atomic E-state index is 13.4. The van der Waals surface area contributed by atoms with Crippen molar-refractivity contribution in [2.24, 2.45) is 16.5 Å². The summed E-state index contributed by atoms with van der Waals surface area (Å²) in [6, 6.07) is 3.06. The highest BCUT2D eigenvalue weighted by Gasteiger charge is 2.34. The number of aryl methyl sites for hydroxylation is 1. The molecule has 1 heterocycles. The van der Waals surface area contributed by atoms with Crippen LogP contribution in [-0.4, -0.2) is 52.7 Å². The minimum atomic E-state index is -0.758. The molecule has 9 nitrogen and oxygen atoms in total. The number of nitrogens with zero attached hydrogens (tertiary/aromatic N) is 2. The second-order valence-corrected chi connectivity index (χ2v) is 11.7. The van der Waals surface area contributed by atoms with Gasteiger partial charge in [0.05, 0.1) is 6.04 Å². The lowest BCUT2D eigenvalue weighted by Crippen LogP contribution is -2.42. The largest absolute Gasteiger partial charge is 0.481 e. The highest BCUT2D eigenvalue weighted by molar-refractivity contribution is 5.90. The third-order valence-electron chi connectivity index (χ3n) is 6.10. The fourth-order valence-corrected chi connectivity index (χ4v) is 4.45. The Morgan fingerprint density at radius 3 is 2.47 bits per heavy atom. The van der Waals surface area contributed by atoms with Gasteiger partial charge in [-0.15, -0.1) is 0 Å². The summed E-state index contributed by atoms with van der Waals surface area (Å²) >= 11 is 0. The number of hydrogen-bond donors (Lipinski definition) is 2. The van der Waals surface area contributed by atoms with Gasteiger partial charge >= 0.3 is 12.1 Å². The zero-order valence-corrected chi connectivity index (χ0v) is 22.7. The van der Waals surface area contributed by atoms with Crippen LogP contribution in [0.15, 0.2) is 17.1 Å². The van der Waals surface area contributed by atoms with Gasteiger partial charge in [-0.05, 0) is 104 Å². The second-order valence-electron chi connectivity index (χ2n) is 11.7. The molecule has 1 aromatic rings. The van der Waals surface area contributed by atoms with Gasteiger partial charge in [-0.1, -0.05) is 0 Å². The molecule has 200 valence electrons. The molecule has 0 bridgehead atoms. The van der Waals surface area contributed by atoms with Crippen LogP contribution >= 0.6 is 0 Å². The van der Waals surface area contributed by atoms with Crippen LogP contribution in [-0.2, 0) is 20.7 Å². The van der Waals surface area contributed by atoms with Crippen LogP contribution in [0.5, 0.6) is 5.75 Å². The van der Waals surface area contributed by atoms with Crippen LogP contribution in [0.1, 0.15) is 91.3 Å². The van der Waals surface area contributed by atoms with Gasteiger partial charge in [0.2, 0.25) is 0 Å². The molecular formula is C27H42N4O5. The van der Waals surface area contributed by atoms with Gasteiger partial charge < -0.3 is 30.6 Å². The van der Waals surface area contributed by atoms with Crippen molar-refractivity contribution in [3.8, 4) is 5.75 Å². The summed E-state index contributed by atoms with van der Waals surface area (Å²) in [5.41, 5.74) is 13.7. The van der Waals surface area contributed by atoms with E-state index in [2.05, 4.69) is 4.99 Å². The summed E-state index contributed by atoms with van der Waals surface area (Å²) in [7, 11) is 0. The van der Waals surface area contributed by atoms with Crippen molar-refractivity contribution in [1.82, 2.24) is 4.90 Å². The van der Waals surface area contributed by atoms with E-state index in [9.17, 15) is 9.59 Å². The summed E-state index contributed by atoms with van der Waals surface area (Å²) in [6.45, 7) is 13.2. The Kier molecular flexibility index (Phi) is 8.23. The zero-order chi connectivity index (χ0) is 26.8. The van der Waals surface area contributed by atoms with E-state index in [4.69, 9.17) is 25.7 Å². The number of fused-ring (bicyclic) bond motifs is 2. The van der Waals surface area contributed by atoms with Crippen molar-refractivity contribution in [3.05, 3.63) is 23.3 Å². The number of carbonyl (C=O) groups excluding carboxylic acids is 2. The van der Waals surface area contributed by atoms with Crippen molar-refractivity contribution < 1.29 is 23.8 Å². The van der Waals surface area contributed by atoms with Gasteiger partial charge in [-0.3, -0.25) is 4.79 Å². The summed E-state index contributed by atoms with van der Waals surface area (Å²) in [5, 5.41) is 0. The molecule has 3 atom stereocenters. The van der Waals surface area contributed by atoms with E-state index in [1.54, 1.807) is 4.90 Å². The Morgan fingerprint density at radius 1 is 1.17 bits per heavy atom. The zero-order valence-electron chi connectivity index (χ0n) is 22.7. The molecule has 1 aromatic carbocycles. The number of aliphatic imine (C=N–C) groups is 1. The number of amides is 1. The first-order valence-electron chi connectivity index (χ1n) is 12.8. The molecular weight excluding hydrogens is 460 g/mol. The lowest BCUT2D eigenvalue weighted by molar-refractivity contribution is -0.156. The fraction of sp³-hybridized carbons (Fsp3) is 0.667. The van der Waals surface area contributed by atoms with Gasteiger partial charge in [-0.25, -0.2) is 9.79 Å². The van der Waals surface area contributed by atoms with Gasteiger partial charge in [0, 0.05) is 6.54 Å². The SMILES string of the molecule is CC1Oc2cc3c(cc2N=C1N)C(N(CCCC(N)C(=O)OC(C)(C)C)C(=O)OC(C)(C)C)CCC3. The first-order chi connectivity index (χ1) is 16.6. The van der Waals surface area contributed by atoms with Gasteiger partial charge in [0.25, 0.3) is 0 Å². The minimum absolute atomic E-state index is 0.192. The molecule has 0 saturated carbocycles. The standard InChI is InChI=1S/C27H42N4O5/c1-16-23(29)30-20-15-18-17(14-22(20)34-16)10-8-12-21(18)31(25(33)36-27(5,6)7)13-9-11-19(28)24(32)35-26(2,3)4/h14-16,19,21H,8-13,28H2,1-7H3,(H2,29,30). The number of rotatable bonds is 6. The maximum Gasteiger partial charge on any atom is 0.410 e. The number of amidine groups is 1. The molecule has 1 aliphatic heterocycles. The van der Waals surface area contributed by atoms with Crippen molar-refractivity contribution in [1.29, 1.82) is 0 Å². The first kappa shape index (κ1) is 27.8. The quantitative estimate of drug-likeness (QED) is 0.547. The van der Waals surface area contributed by atoms with Crippen LogP contribution in [0.25, 0.3) is 0 Å². The number of hydrogen-bond acceptors (Lipinski definition) is 8. The molecule has 0 saturated heterocycles. The summed E-state index contributed by atoms with van der Waals surface area (Å²) < 4.78 is 17.1. The van der Waals surface area contributed by atoms with E-state index in [1.165, 1.54) is 0 Å². The number of ether oxygens (including phenoxy) is 3. The predicted octanol–water partition coefficient (Wildman–Crippen LogP) is 4.52. The summed E-state index contributed by atoms with van der Waals surface area (Å²) in [6.07, 6.45) is 2.86. The maximum absolute atomic E-state index is 13.4. The lowest BCUT2D eigenvalue weighted by Gasteiger charge is -2.37. The van der Waals surface area contributed by atoms with E-state index in [-0.39, 0.29) is 12.1 Å². The average molecular weight is 503 g/mol. The highest BCUT2D eigenvalue weighted by atomic mass is 16.6. The monoisotopic (exact) mass is 502 g/mol. The summed E-state index contributed by atoms with van der Waals surface area (Å²) in [4.78, 5) is 32.0. The van der Waals surface area contributed by atoms with Crippen LogP contribution < -0.4 is 16.2 Å². The Labute approximate surface area is 214 Å². The summed E-state index contributed by atoms with van der Waals surface area (Å²) in [5.74, 6) is 0.698. The molecule has 1 aliphatic carbocycles. The molecule has 9 heteroatoms. The van der Waals surface area contributed by atoms with E-state index in [1.807, 2.05) is 60.6 Å². The molecule has 36 heavy (non-hydrogen) atoms. The van der Waals surface area contributed by atoms with E-state index < -0.39 is 29.3 Å². The number of esters is 1. The van der Waals surface area contributed by atoms with Crippen molar-refractivity contribution >= 4 is 23.6 Å². The van der Waals surface area contributed by atoms with Gasteiger partial charge in [0.15, 0.2) is 6.10 Å². The Balaban J connectivity index is 1.83. The normalized spacial score (nSPS) is 20.3. The van der Waals surface area contributed by atoms with E-state index >= 15 is 0 Å². The molecule has 4 N–H and O–H groups in total. The molecule has 0 aromatic heterocycles. The highest BCUT2D eigenvalue weighted by Crippen LogP contribution is 2.42. The predicted molar refractivity (Wildman–Crippen MR) is 139 cm³/mol. The molecule has 2 aliphatic rings. The topological polar surface area (TPSA) is 129 Å². The van der Waals surface area contributed by atoms with Crippen LogP contribution in [0.3, 0.4) is 0 Å². The smallest absolute Gasteiger partial charge is 0.410 e. The molecule has 3 rings (SSSR count). The van der Waals surface area contributed by atoms with Gasteiger partial charge in [-0.2, -0.15) is 0 Å². The molecule has 3 unspecified atom stereocenters. The Bertz CT molecular complexity index is 1010. The number of nitrogens with two attached hydrogens (primary N) is 2. The minimum Gasteiger partial charge on any atom is -0.481 e. The third kappa shape index (κ3) is 7.12. The van der Waals surface area contributed by atoms with Crippen molar-refractivity contribution in [2.45, 2.75) is 110 Å². The second kappa shape index (κ2) is 10.7. The average Bonchev–Trinajstić information content (AvgIpc) is 2.73. The number of benzene rings is 1. The van der Waals surface area contributed by atoms with E-state index in [0.29, 0.717) is 36.7 Å². The molecule has 0 spiro atoms. The Hall–Kier alpha value is -2.81. The molecule has 1 amide bonds.